The first kappa shape index (κ1) is 60.4. The summed E-state index contributed by atoms with van der Waals surface area (Å²) in [4.78, 5) is 150. The highest BCUT2D eigenvalue weighted by atomic mass is 16.4. The molecule has 400 valence electrons. The number of hydrogen-bond acceptors (Lipinski definition) is 16. The second-order valence-corrected chi connectivity index (χ2v) is 17.4. The van der Waals surface area contributed by atoms with Crippen LogP contribution in [0.3, 0.4) is 0 Å². The molecule has 0 saturated carbocycles. The summed E-state index contributed by atoms with van der Waals surface area (Å²) in [6.45, 7) is 3.46. The Kier molecular flexibility index (Phi) is 25.1. The highest BCUT2D eigenvalue weighted by molar-refractivity contribution is 5.99. The zero-order valence-corrected chi connectivity index (χ0v) is 40.4. The molecule has 0 bridgehead atoms. The molecule has 11 atom stereocenters. The summed E-state index contributed by atoms with van der Waals surface area (Å²) in [5.41, 5.74) is 21.7. The van der Waals surface area contributed by atoms with E-state index in [0.717, 1.165) is 0 Å². The molecule has 0 radical (unpaired) electrons. The standard InChI is InChI=1S/C42H72N14O15/c1-5-20(2)31(41(70)71)54-38(67)29-11-8-16-56(29)40(69)25(9-6-14-47-42(45)46)51-34(63)24(12-13-30(44)60)50-37(66)28-10-7-15-55(28)39(68)22(4)49-32(61)21(3)48-35(64)26(18-58)53-36(65)27(19-59)52-33(62)23(43)17-57/h20-29,31,57-59H,5-19,43H2,1-4H3,(H2,44,60)(H,48,64)(H,49,61)(H,50,66)(H,51,63)(H,52,62)(H,53,65)(H,54,67)(H,70,71)(H4,45,46,47)/t20-,21-,22-,23-,24-,25-,26-,27-,28-,29-,31-/m0/s1. The van der Waals surface area contributed by atoms with E-state index in [0.29, 0.717) is 19.3 Å². The number of hydrogen-bond donors (Lipinski definition) is 15. The maximum absolute atomic E-state index is 14.2. The van der Waals surface area contributed by atoms with E-state index in [2.05, 4.69) is 42.2 Å². The number of primary amides is 1. The van der Waals surface area contributed by atoms with Gasteiger partial charge in [0.15, 0.2) is 5.96 Å². The molecule has 2 saturated heterocycles. The maximum Gasteiger partial charge on any atom is 0.326 e. The fourth-order valence-electron chi connectivity index (χ4n) is 7.65. The van der Waals surface area contributed by atoms with Crippen LogP contribution >= 0.6 is 0 Å². The minimum absolute atomic E-state index is 0.0438. The molecular weight excluding hydrogens is 941 g/mol. The molecule has 19 N–H and O–H groups in total. The van der Waals surface area contributed by atoms with E-state index in [1.165, 1.54) is 23.6 Å². The lowest BCUT2D eigenvalue weighted by molar-refractivity contribution is -0.146. The van der Waals surface area contributed by atoms with E-state index in [1.807, 2.05) is 0 Å². The molecule has 71 heavy (non-hydrogen) atoms. The summed E-state index contributed by atoms with van der Waals surface area (Å²) in [6, 6.07) is -13.7. The highest BCUT2D eigenvalue weighted by Gasteiger charge is 2.42. The molecule has 29 nitrogen and oxygen atoms in total. The molecule has 2 aliphatic heterocycles. The topological polar surface area (TPSA) is 476 Å². The molecule has 2 heterocycles. The molecule has 29 heteroatoms. The fourth-order valence-corrected chi connectivity index (χ4v) is 7.65. The van der Waals surface area contributed by atoms with Gasteiger partial charge in [0.25, 0.3) is 0 Å². The van der Waals surface area contributed by atoms with E-state index >= 15 is 0 Å². The van der Waals surface area contributed by atoms with E-state index in [-0.39, 0.29) is 57.7 Å². The number of carbonyl (C=O) groups excluding carboxylic acids is 10. The fraction of sp³-hybridized carbons (Fsp3) is 0.714. The van der Waals surface area contributed by atoms with Gasteiger partial charge in [-0.15, -0.1) is 0 Å². The molecule has 2 aliphatic rings. The Hall–Kier alpha value is -6.72. The van der Waals surface area contributed by atoms with Crippen molar-refractivity contribution >= 4 is 71.0 Å². The summed E-state index contributed by atoms with van der Waals surface area (Å²) in [7, 11) is 0. The summed E-state index contributed by atoms with van der Waals surface area (Å²) < 4.78 is 0. The highest BCUT2D eigenvalue weighted by Crippen LogP contribution is 2.22. The Labute approximate surface area is 409 Å². The van der Waals surface area contributed by atoms with Gasteiger partial charge < -0.3 is 90.4 Å². The van der Waals surface area contributed by atoms with Crippen LogP contribution in [0.25, 0.3) is 0 Å². The Morgan fingerprint density at radius 3 is 1.61 bits per heavy atom. The molecule has 0 unspecified atom stereocenters. The van der Waals surface area contributed by atoms with Crippen molar-refractivity contribution in [3.05, 3.63) is 0 Å². The predicted octanol–water partition coefficient (Wildman–Crippen LogP) is -7.84. The number of aliphatic hydroxyl groups excluding tert-OH is 3. The Bertz CT molecular complexity index is 1950. The van der Waals surface area contributed by atoms with Crippen LogP contribution in [0.4, 0.5) is 0 Å². The molecular formula is C42H72N14O15. The SMILES string of the molecule is CC[C@H](C)[C@H](NC(=O)[C@@H]1CCCN1C(=O)[C@H](CCCN=C(N)N)NC(=O)[C@H](CCC(N)=O)NC(=O)[C@@H]1CCCN1C(=O)[C@H](C)NC(=O)[C@H](C)NC(=O)[C@H](CO)NC(=O)[C@H](CO)NC(=O)[C@@H](N)CO)C(=O)O. The second kappa shape index (κ2) is 29.5. The van der Waals surface area contributed by atoms with Gasteiger partial charge in [0.05, 0.1) is 19.8 Å². The van der Waals surface area contributed by atoms with E-state index in [9.17, 15) is 68.1 Å². The first-order chi connectivity index (χ1) is 33.4. The molecule has 0 aromatic rings. The number of amides is 10. The van der Waals surface area contributed by atoms with E-state index in [1.54, 1.807) is 13.8 Å². The van der Waals surface area contributed by atoms with Crippen LogP contribution in [0.15, 0.2) is 4.99 Å². The van der Waals surface area contributed by atoms with Gasteiger partial charge in [-0.05, 0) is 64.7 Å². The summed E-state index contributed by atoms with van der Waals surface area (Å²) in [5.74, 6) is -10.6. The average molecular weight is 1010 g/mol. The Balaban J connectivity index is 2.21. The normalized spacial score (nSPS) is 19.2. The number of aliphatic imine (C=N–C) groups is 1. The van der Waals surface area contributed by atoms with Gasteiger partial charge in [-0.1, -0.05) is 20.3 Å². The van der Waals surface area contributed by atoms with Gasteiger partial charge in [0.1, 0.15) is 60.4 Å². The van der Waals surface area contributed by atoms with Crippen LogP contribution in [-0.4, -0.2) is 201 Å². The number of nitrogens with two attached hydrogens (primary N) is 4. The minimum atomic E-state index is -1.68. The Morgan fingerprint density at radius 1 is 0.606 bits per heavy atom. The molecule has 2 fully saturated rings. The number of likely N-dealkylation sites (tertiary alicyclic amines) is 2. The summed E-state index contributed by atoms with van der Waals surface area (Å²) >= 11 is 0. The van der Waals surface area contributed by atoms with Gasteiger partial charge in [0, 0.05) is 26.1 Å². The smallest absolute Gasteiger partial charge is 0.326 e. The lowest BCUT2D eigenvalue weighted by Crippen LogP contribution is -2.60. The van der Waals surface area contributed by atoms with E-state index in [4.69, 9.17) is 28.0 Å². The van der Waals surface area contributed by atoms with Crippen molar-refractivity contribution in [1.82, 2.24) is 47.0 Å². The number of rotatable bonds is 29. The molecule has 10 amide bonds. The van der Waals surface area contributed by atoms with Crippen LogP contribution in [0.5, 0.6) is 0 Å². The quantitative estimate of drug-likeness (QED) is 0.0188. The van der Waals surface area contributed by atoms with Crippen molar-refractivity contribution in [3.63, 3.8) is 0 Å². The van der Waals surface area contributed by atoms with Crippen molar-refractivity contribution in [2.24, 2.45) is 33.8 Å². The van der Waals surface area contributed by atoms with Crippen molar-refractivity contribution in [3.8, 4) is 0 Å². The third-order valence-corrected chi connectivity index (χ3v) is 12.0. The maximum atomic E-state index is 14.2. The number of aliphatic carboxylic acids is 1. The monoisotopic (exact) mass is 1010 g/mol. The minimum Gasteiger partial charge on any atom is -0.480 e. The number of carboxylic acid groups (broad SMARTS) is 1. The van der Waals surface area contributed by atoms with Crippen molar-refractivity contribution in [2.45, 2.75) is 146 Å². The average Bonchev–Trinajstić information content (AvgIpc) is 4.03. The Morgan fingerprint density at radius 2 is 1.10 bits per heavy atom. The van der Waals surface area contributed by atoms with Crippen LogP contribution in [0, 0.1) is 5.92 Å². The summed E-state index contributed by atoms with van der Waals surface area (Å²) in [6.07, 6.45) is 0.845. The van der Waals surface area contributed by atoms with Gasteiger partial charge in [-0.2, -0.15) is 0 Å². The van der Waals surface area contributed by atoms with Crippen LogP contribution in [0.2, 0.25) is 0 Å². The molecule has 0 aromatic carbocycles. The molecule has 0 spiro atoms. The van der Waals surface area contributed by atoms with Gasteiger partial charge in [0.2, 0.25) is 59.1 Å². The lowest BCUT2D eigenvalue weighted by Gasteiger charge is -2.31. The first-order valence-corrected chi connectivity index (χ1v) is 23.3. The van der Waals surface area contributed by atoms with Gasteiger partial charge in [-0.25, -0.2) is 4.79 Å². The van der Waals surface area contributed by atoms with Gasteiger partial charge >= 0.3 is 5.97 Å². The van der Waals surface area contributed by atoms with Crippen molar-refractivity contribution in [1.29, 1.82) is 0 Å². The summed E-state index contributed by atoms with van der Waals surface area (Å²) in [5, 5.41) is 54.7. The van der Waals surface area contributed by atoms with Crippen LogP contribution in [-0.2, 0) is 52.7 Å². The molecule has 0 aliphatic carbocycles. The van der Waals surface area contributed by atoms with Crippen molar-refractivity contribution < 1.29 is 73.2 Å². The largest absolute Gasteiger partial charge is 0.480 e. The third-order valence-electron chi connectivity index (χ3n) is 12.0. The second-order valence-electron chi connectivity index (χ2n) is 17.4. The third kappa shape index (κ3) is 18.5. The van der Waals surface area contributed by atoms with Crippen LogP contribution < -0.4 is 60.2 Å². The number of nitrogens with one attached hydrogen (secondary N) is 7. The number of aliphatic hydroxyl groups is 3. The lowest BCUT2D eigenvalue weighted by atomic mass is 9.98. The number of guanidine groups is 1. The molecule has 2 rings (SSSR count). The van der Waals surface area contributed by atoms with E-state index < -0.39 is 158 Å². The van der Waals surface area contributed by atoms with Crippen LogP contribution in [0.1, 0.15) is 85.5 Å². The van der Waals surface area contributed by atoms with Gasteiger partial charge in [-0.3, -0.25) is 52.9 Å². The predicted molar refractivity (Wildman–Crippen MR) is 249 cm³/mol. The number of carbonyl (C=O) groups is 11. The zero-order valence-electron chi connectivity index (χ0n) is 40.4. The van der Waals surface area contributed by atoms with Crippen molar-refractivity contribution in [2.75, 3.05) is 39.5 Å². The number of nitrogens with zero attached hydrogens (tertiary/aromatic N) is 3. The first-order valence-electron chi connectivity index (χ1n) is 23.3. The zero-order chi connectivity index (χ0) is 53.7. The number of carboxylic acids is 1. The molecule has 0 aromatic heterocycles.